The van der Waals surface area contributed by atoms with Gasteiger partial charge in [0.15, 0.2) is 17.3 Å². The van der Waals surface area contributed by atoms with Crippen molar-refractivity contribution < 1.29 is 14.3 Å². The van der Waals surface area contributed by atoms with Crippen LogP contribution in [0.2, 0.25) is 0 Å². The van der Waals surface area contributed by atoms with Gasteiger partial charge in [-0.3, -0.25) is 4.79 Å². The van der Waals surface area contributed by atoms with E-state index in [1.54, 1.807) is 12.2 Å². The van der Waals surface area contributed by atoms with Gasteiger partial charge in [0.25, 0.3) is 0 Å². The van der Waals surface area contributed by atoms with E-state index in [-0.39, 0.29) is 5.78 Å². The van der Waals surface area contributed by atoms with Crippen LogP contribution in [-0.2, 0) is 0 Å². The summed E-state index contributed by atoms with van der Waals surface area (Å²) in [6, 6.07) is 11.3. The summed E-state index contributed by atoms with van der Waals surface area (Å²) in [7, 11) is 0. The van der Waals surface area contributed by atoms with Gasteiger partial charge in [0.05, 0.1) is 17.7 Å². The molecule has 2 aromatic rings. The molecule has 0 heterocycles. The SMILES string of the molecule is CCOc1cc(/C=C/C(=O)c2ccc(C)cc2)cc(Br)c1OCC. The van der Waals surface area contributed by atoms with Crippen LogP contribution in [0.4, 0.5) is 0 Å². The molecule has 0 fully saturated rings. The second-order valence-corrected chi connectivity index (χ2v) is 6.11. The van der Waals surface area contributed by atoms with E-state index in [2.05, 4.69) is 15.9 Å². The molecule has 0 atom stereocenters. The summed E-state index contributed by atoms with van der Waals surface area (Å²) in [4.78, 5) is 12.2. The zero-order valence-corrected chi connectivity index (χ0v) is 15.7. The number of halogens is 1. The van der Waals surface area contributed by atoms with E-state index in [9.17, 15) is 4.79 Å². The number of hydrogen-bond acceptors (Lipinski definition) is 3. The molecule has 0 saturated carbocycles. The Morgan fingerprint density at radius 1 is 1.08 bits per heavy atom. The lowest BCUT2D eigenvalue weighted by Gasteiger charge is -2.13. The number of carbonyl (C=O) groups excluding carboxylic acids is 1. The van der Waals surface area contributed by atoms with Crippen molar-refractivity contribution in [2.24, 2.45) is 0 Å². The van der Waals surface area contributed by atoms with Crippen LogP contribution >= 0.6 is 15.9 Å². The van der Waals surface area contributed by atoms with Crippen molar-refractivity contribution >= 4 is 27.8 Å². The van der Waals surface area contributed by atoms with Crippen LogP contribution in [0, 0.1) is 6.92 Å². The monoisotopic (exact) mass is 388 g/mol. The molecule has 0 bridgehead atoms. The predicted molar refractivity (Wildman–Crippen MR) is 101 cm³/mol. The highest BCUT2D eigenvalue weighted by Crippen LogP contribution is 2.37. The minimum absolute atomic E-state index is 0.0297. The second-order valence-electron chi connectivity index (χ2n) is 5.26. The highest BCUT2D eigenvalue weighted by Gasteiger charge is 2.11. The molecule has 0 spiro atoms. The minimum atomic E-state index is -0.0297. The number of allylic oxidation sites excluding steroid dienone is 1. The van der Waals surface area contributed by atoms with Gasteiger partial charge in [-0.05, 0) is 60.5 Å². The number of benzene rings is 2. The lowest BCUT2D eigenvalue weighted by atomic mass is 10.1. The van der Waals surface area contributed by atoms with Crippen molar-refractivity contribution in [3.8, 4) is 11.5 Å². The number of ketones is 1. The largest absolute Gasteiger partial charge is 0.490 e. The third-order valence-corrected chi connectivity index (χ3v) is 3.97. The molecular weight excluding hydrogens is 368 g/mol. The molecule has 4 heteroatoms. The zero-order valence-electron chi connectivity index (χ0n) is 14.1. The van der Waals surface area contributed by atoms with Crippen LogP contribution in [0.25, 0.3) is 6.08 Å². The third kappa shape index (κ3) is 4.71. The van der Waals surface area contributed by atoms with Crippen LogP contribution in [-0.4, -0.2) is 19.0 Å². The van der Waals surface area contributed by atoms with Crippen LogP contribution in [0.5, 0.6) is 11.5 Å². The van der Waals surface area contributed by atoms with E-state index >= 15 is 0 Å². The highest BCUT2D eigenvalue weighted by atomic mass is 79.9. The van der Waals surface area contributed by atoms with E-state index < -0.39 is 0 Å². The van der Waals surface area contributed by atoms with Gasteiger partial charge in [0, 0.05) is 5.56 Å². The molecule has 0 aliphatic carbocycles. The first-order valence-electron chi connectivity index (χ1n) is 7.93. The summed E-state index contributed by atoms with van der Waals surface area (Å²) < 4.78 is 12.1. The number of aryl methyl sites for hydroxylation is 1. The van der Waals surface area contributed by atoms with Crippen LogP contribution in [0.3, 0.4) is 0 Å². The lowest BCUT2D eigenvalue weighted by Crippen LogP contribution is -2.00. The molecule has 2 aromatic carbocycles. The Morgan fingerprint density at radius 3 is 2.38 bits per heavy atom. The van der Waals surface area contributed by atoms with Gasteiger partial charge in [-0.25, -0.2) is 0 Å². The highest BCUT2D eigenvalue weighted by molar-refractivity contribution is 9.10. The van der Waals surface area contributed by atoms with Gasteiger partial charge in [0.1, 0.15) is 0 Å². The maximum absolute atomic E-state index is 12.2. The average molecular weight is 389 g/mol. The summed E-state index contributed by atoms with van der Waals surface area (Å²) in [5, 5.41) is 0. The minimum Gasteiger partial charge on any atom is -0.490 e. The van der Waals surface area contributed by atoms with Crippen molar-refractivity contribution in [1.29, 1.82) is 0 Å². The summed E-state index contributed by atoms with van der Waals surface area (Å²) in [6.45, 7) is 6.95. The second kappa shape index (κ2) is 8.69. The number of carbonyl (C=O) groups is 1. The van der Waals surface area contributed by atoms with Crippen molar-refractivity contribution in [3.05, 3.63) is 63.6 Å². The standard InChI is InChI=1S/C20H21BrO3/c1-4-23-19-13-15(12-17(21)20(19)24-5-2)8-11-18(22)16-9-6-14(3)7-10-16/h6-13H,4-5H2,1-3H3/b11-8+. The van der Waals surface area contributed by atoms with Crippen LogP contribution in [0.1, 0.15) is 35.3 Å². The topological polar surface area (TPSA) is 35.5 Å². The van der Waals surface area contributed by atoms with Gasteiger partial charge in [-0.2, -0.15) is 0 Å². The lowest BCUT2D eigenvalue weighted by molar-refractivity contribution is 0.104. The first kappa shape index (κ1) is 18.3. The maximum atomic E-state index is 12.2. The summed E-state index contributed by atoms with van der Waals surface area (Å²) in [6.07, 6.45) is 3.35. The molecule has 0 aromatic heterocycles. The van der Waals surface area contributed by atoms with Crippen LogP contribution in [0.15, 0.2) is 46.9 Å². The van der Waals surface area contributed by atoms with Gasteiger partial charge in [-0.15, -0.1) is 0 Å². The Balaban J connectivity index is 2.25. The fourth-order valence-corrected chi connectivity index (χ4v) is 2.79. The molecule has 126 valence electrons. The van der Waals surface area contributed by atoms with Gasteiger partial charge in [0.2, 0.25) is 0 Å². The van der Waals surface area contributed by atoms with Crippen molar-refractivity contribution in [2.45, 2.75) is 20.8 Å². The number of hydrogen-bond donors (Lipinski definition) is 0. The molecule has 0 amide bonds. The predicted octanol–water partition coefficient (Wildman–Crippen LogP) is 5.45. The number of rotatable bonds is 7. The van der Waals surface area contributed by atoms with Crippen molar-refractivity contribution in [3.63, 3.8) is 0 Å². The van der Waals surface area contributed by atoms with E-state index in [4.69, 9.17) is 9.47 Å². The van der Waals surface area contributed by atoms with E-state index in [0.717, 1.165) is 15.6 Å². The zero-order chi connectivity index (χ0) is 17.5. The third-order valence-electron chi connectivity index (χ3n) is 3.38. The molecule has 0 radical (unpaired) electrons. The van der Waals surface area contributed by atoms with Crippen molar-refractivity contribution in [1.82, 2.24) is 0 Å². The fraction of sp³-hybridized carbons (Fsp3) is 0.250. The van der Waals surface area contributed by atoms with E-state index in [1.165, 1.54) is 0 Å². The maximum Gasteiger partial charge on any atom is 0.185 e. The Kier molecular flexibility index (Phi) is 6.62. The molecule has 0 aliphatic rings. The molecule has 24 heavy (non-hydrogen) atoms. The molecule has 3 nitrogen and oxygen atoms in total. The van der Waals surface area contributed by atoms with Gasteiger partial charge in [-0.1, -0.05) is 35.9 Å². The summed E-state index contributed by atoms with van der Waals surface area (Å²) >= 11 is 3.51. The molecule has 0 aliphatic heterocycles. The Morgan fingerprint density at radius 2 is 1.75 bits per heavy atom. The van der Waals surface area contributed by atoms with Gasteiger partial charge >= 0.3 is 0 Å². The van der Waals surface area contributed by atoms with Gasteiger partial charge < -0.3 is 9.47 Å². The first-order chi connectivity index (χ1) is 11.5. The van der Waals surface area contributed by atoms with Crippen molar-refractivity contribution in [2.75, 3.05) is 13.2 Å². The molecule has 0 N–H and O–H groups in total. The Bertz CT molecular complexity index is 733. The first-order valence-corrected chi connectivity index (χ1v) is 8.72. The molecule has 0 saturated heterocycles. The number of ether oxygens (including phenoxy) is 2. The summed E-state index contributed by atoms with van der Waals surface area (Å²) in [5.74, 6) is 1.32. The normalized spacial score (nSPS) is 10.8. The smallest absolute Gasteiger partial charge is 0.185 e. The van der Waals surface area contributed by atoms with Crippen LogP contribution < -0.4 is 9.47 Å². The Hall–Kier alpha value is -2.07. The van der Waals surface area contributed by atoms with E-state index in [1.807, 2.05) is 57.2 Å². The molecule has 2 rings (SSSR count). The molecular formula is C20H21BrO3. The average Bonchev–Trinajstić information content (AvgIpc) is 2.56. The molecule has 0 unspecified atom stereocenters. The quantitative estimate of drug-likeness (QED) is 0.467. The summed E-state index contributed by atoms with van der Waals surface area (Å²) in [5.41, 5.74) is 2.67. The Labute approximate surface area is 151 Å². The fourth-order valence-electron chi connectivity index (χ4n) is 2.22. The van der Waals surface area contributed by atoms with E-state index in [0.29, 0.717) is 30.3 Å².